The number of benzene rings is 1. The Morgan fingerprint density at radius 1 is 1.25 bits per heavy atom. The number of aromatic amines is 1. The number of unbranched alkanes of at least 4 members (excludes halogenated alkanes) is 3. The Morgan fingerprint density at radius 2 is 2.12 bits per heavy atom. The van der Waals surface area contributed by atoms with Gasteiger partial charge in [-0.2, -0.15) is 0 Å². The van der Waals surface area contributed by atoms with Crippen molar-refractivity contribution in [2.45, 2.75) is 51.0 Å². The lowest BCUT2D eigenvalue weighted by Gasteiger charge is -2.18. The van der Waals surface area contributed by atoms with Gasteiger partial charge in [0, 0.05) is 23.1 Å². The number of nitrogens with one attached hydrogen (secondary N) is 1. The van der Waals surface area contributed by atoms with Crippen molar-refractivity contribution >= 4 is 10.9 Å². The van der Waals surface area contributed by atoms with Crippen molar-refractivity contribution in [1.82, 2.24) is 9.88 Å². The van der Waals surface area contributed by atoms with E-state index in [1.54, 1.807) is 0 Å². The highest BCUT2D eigenvalue weighted by Crippen LogP contribution is 2.27. The lowest BCUT2D eigenvalue weighted by atomic mass is 10.0. The largest absolute Gasteiger partial charge is 0.494 e. The van der Waals surface area contributed by atoms with E-state index in [1.807, 2.05) is 0 Å². The molecule has 4 heteroatoms. The first-order valence-electron chi connectivity index (χ1n) is 9.41. The van der Waals surface area contributed by atoms with Crippen LogP contribution in [0.15, 0.2) is 24.4 Å². The molecule has 1 aromatic carbocycles. The Bertz CT molecular complexity index is 637. The second-order valence-corrected chi connectivity index (χ2v) is 7.05. The van der Waals surface area contributed by atoms with Crippen LogP contribution in [0.5, 0.6) is 5.75 Å². The Hall–Kier alpha value is -1.52. The number of likely N-dealkylation sites (tertiary alicyclic amines) is 1. The fraction of sp³-hybridized carbons (Fsp3) is 0.600. The number of H-pyrrole nitrogens is 1. The first-order chi connectivity index (χ1) is 11.8. The van der Waals surface area contributed by atoms with Crippen molar-refractivity contribution in [3.8, 4) is 5.75 Å². The predicted octanol–water partition coefficient (Wildman–Crippen LogP) is 3.70. The van der Waals surface area contributed by atoms with Gasteiger partial charge in [0.05, 0.1) is 6.61 Å². The minimum Gasteiger partial charge on any atom is -0.494 e. The molecule has 0 saturated carbocycles. The van der Waals surface area contributed by atoms with Crippen LogP contribution in [0, 0.1) is 0 Å². The smallest absolute Gasteiger partial charge is 0.120 e. The van der Waals surface area contributed by atoms with E-state index in [4.69, 9.17) is 10.5 Å². The number of hydrogen-bond acceptors (Lipinski definition) is 3. The molecule has 0 radical (unpaired) electrons. The Balaban J connectivity index is 1.58. The van der Waals surface area contributed by atoms with Gasteiger partial charge in [0.15, 0.2) is 0 Å². The number of likely N-dealkylation sites (N-methyl/N-ethyl adjacent to an activating group) is 1. The van der Waals surface area contributed by atoms with Crippen LogP contribution in [0.4, 0.5) is 0 Å². The molecule has 1 saturated heterocycles. The van der Waals surface area contributed by atoms with Crippen molar-refractivity contribution in [3.05, 3.63) is 30.0 Å². The maximum Gasteiger partial charge on any atom is 0.120 e. The third kappa shape index (κ3) is 4.31. The van der Waals surface area contributed by atoms with E-state index in [0.717, 1.165) is 38.2 Å². The molecule has 1 aliphatic heterocycles. The average molecular weight is 329 g/mol. The van der Waals surface area contributed by atoms with Crippen molar-refractivity contribution in [3.63, 3.8) is 0 Å². The van der Waals surface area contributed by atoms with Crippen molar-refractivity contribution in [2.24, 2.45) is 5.73 Å². The van der Waals surface area contributed by atoms with Gasteiger partial charge >= 0.3 is 0 Å². The zero-order valence-corrected chi connectivity index (χ0v) is 14.9. The van der Waals surface area contributed by atoms with Crippen LogP contribution in [-0.2, 0) is 6.42 Å². The molecule has 0 spiro atoms. The number of fused-ring (bicyclic) bond motifs is 1. The Kier molecular flexibility index (Phi) is 6.16. The molecule has 1 atom stereocenters. The van der Waals surface area contributed by atoms with Crippen molar-refractivity contribution in [2.75, 3.05) is 26.7 Å². The summed E-state index contributed by atoms with van der Waals surface area (Å²) >= 11 is 0. The van der Waals surface area contributed by atoms with E-state index in [2.05, 4.69) is 41.3 Å². The number of nitrogens with two attached hydrogens (primary N) is 1. The third-order valence-corrected chi connectivity index (χ3v) is 5.23. The highest BCUT2D eigenvalue weighted by Gasteiger charge is 2.22. The first kappa shape index (κ1) is 17.3. The molecule has 2 heterocycles. The van der Waals surface area contributed by atoms with Gasteiger partial charge in [-0.3, -0.25) is 0 Å². The zero-order valence-electron chi connectivity index (χ0n) is 14.9. The number of nitrogens with zero attached hydrogens (tertiary/aromatic N) is 1. The van der Waals surface area contributed by atoms with Crippen molar-refractivity contribution < 1.29 is 4.74 Å². The molecule has 1 aliphatic rings. The van der Waals surface area contributed by atoms with E-state index >= 15 is 0 Å². The third-order valence-electron chi connectivity index (χ3n) is 5.23. The maximum atomic E-state index is 5.95. The number of hydrogen-bond donors (Lipinski definition) is 2. The normalized spacial score (nSPS) is 18.5. The molecule has 0 unspecified atom stereocenters. The zero-order chi connectivity index (χ0) is 16.8. The molecule has 24 heavy (non-hydrogen) atoms. The Morgan fingerprint density at radius 3 is 2.92 bits per heavy atom. The van der Waals surface area contributed by atoms with Crippen LogP contribution in [0.1, 0.15) is 44.1 Å². The molecule has 0 amide bonds. The highest BCUT2D eigenvalue weighted by atomic mass is 16.5. The van der Waals surface area contributed by atoms with E-state index in [0.29, 0.717) is 6.04 Å². The van der Waals surface area contributed by atoms with Gasteiger partial charge in [-0.1, -0.05) is 12.8 Å². The number of ether oxygens (including phenoxy) is 1. The van der Waals surface area contributed by atoms with Crippen LogP contribution in [0.25, 0.3) is 10.9 Å². The second kappa shape index (κ2) is 8.54. The monoisotopic (exact) mass is 329 g/mol. The van der Waals surface area contributed by atoms with E-state index < -0.39 is 0 Å². The summed E-state index contributed by atoms with van der Waals surface area (Å²) in [7, 11) is 2.24. The molecular formula is C20H31N3O. The topological polar surface area (TPSA) is 54.3 Å². The molecule has 4 nitrogen and oxygen atoms in total. The van der Waals surface area contributed by atoms with Gasteiger partial charge in [-0.25, -0.2) is 0 Å². The highest BCUT2D eigenvalue weighted by molar-refractivity contribution is 5.84. The summed E-state index contributed by atoms with van der Waals surface area (Å²) in [5, 5.41) is 1.32. The molecule has 2 aromatic rings. The van der Waals surface area contributed by atoms with Crippen LogP contribution in [0.2, 0.25) is 0 Å². The SMILES string of the molecule is CN1CCC[C@@H]1Cc1c[nH]c2ccc(OCCCCCCN)cc12. The van der Waals surface area contributed by atoms with Crippen molar-refractivity contribution in [1.29, 1.82) is 0 Å². The number of rotatable bonds is 9. The fourth-order valence-corrected chi connectivity index (χ4v) is 3.70. The lowest BCUT2D eigenvalue weighted by Crippen LogP contribution is -2.26. The summed E-state index contributed by atoms with van der Waals surface area (Å²) < 4.78 is 5.95. The summed E-state index contributed by atoms with van der Waals surface area (Å²) in [4.78, 5) is 5.90. The Labute approximate surface area is 145 Å². The molecule has 1 aromatic heterocycles. The van der Waals surface area contributed by atoms with Gasteiger partial charge in [0.25, 0.3) is 0 Å². The van der Waals surface area contributed by atoms with E-state index in [9.17, 15) is 0 Å². The van der Waals surface area contributed by atoms with Crippen LogP contribution in [0.3, 0.4) is 0 Å². The van der Waals surface area contributed by atoms with Gasteiger partial charge < -0.3 is 20.4 Å². The maximum absolute atomic E-state index is 5.95. The molecule has 132 valence electrons. The molecule has 1 fully saturated rings. The van der Waals surface area contributed by atoms with Crippen LogP contribution >= 0.6 is 0 Å². The van der Waals surface area contributed by atoms with Crippen LogP contribution in [-0.4, -0.2) is 42.7 Å². The molecule has 3 N–H and O–H groups in total. The van der Waals surface area contributed by atoms with Crippen LogP contribution < -0.4 is 10.5 Å². The molecule has 0 aliphatic carbocycles. The van der Waals surface area contributed by atoms with Gasteiger partial charge in [-0.15, -0.1) is 0 Å². The predicted molar refractivity (Wildman–Crippen MR) is 101 cm³/mol. The number of aromatic nitrogens is 1. The molecule has 0 bridgehead atoms. The van der Waals surface area contributed by atoms with Gasteiger partial charge in [0.2, 0.25) is 0 Å². The van der Waals surface area contributed by atoms with Gasteiger partial charge in [0.1, 0.15) is 5.75 Å². The summed E-state index contributed by atoms with van der Waals surface area (Å²) in [6.45, 7) is 2.82. The average Bonchev–Trinajstić information content (AvgIpc) is 3.18. The molecular weight excluding hydrogens is 298 g/mol. The van der Waals surface area contributed by atoms with Gasteiger partial charge in [-0.05, 0) is 76.0 Å². The summed E-state index contributed by atoms with van der Waals surface area (Å²) in [6, 6.07) is 7.09. The van der Waals surface area contributed by atoms with E-state index in [1.165, 1.54) is 48.7 Å². The summed E-state index contributed by atoms with van der Waals surface area (Å²) in [5.74, 6) is 0.988. The summed E-state index contributed by atoms with van der Waals surface area (Å²) in [6.07, 6.45) is 10.6. The summed E-state index contributed by atoms with van der Waals surface area (Å²) in [5.41, 5.74) is 8.14. The lowest BCUT2D eigenvalue weighted by molar-refractivity contribution is 0.305. The standard InChI is InChI=1S/C20H31N3O/c1-23-11-6-7-17(23)13-16-15-22-20-9-8-18(14-19(16)20)24-12-5-3-2-4-10-21/h8-9,14-15,17,22H,2-7,10-13,21H2,1H3/t17-/m1/s1. The minimum atomic E-state index is 0.677. The molecule has 3 rings (SSSR count). The first-order valence-corrected chi connectivity index (χ1v) is 9.41. The quantitative estimate of drug-likeness (QED) is 0.690. The minimum absolute atomic E-state index is 0.677. The van der Waals surface area contributed by atoms with E-state index in [-0.39, 0.29) is 0 Å². The fourth-order valence-electron chi connectivity index (χ4n) is 3.70. The second-order valence-electron chi connectivity index (χ2n) is 7.05.